The van der Waals surface area contributed by atoms with Crippen LogP contribution in [0.4, 0.5) is 0 Å². The Kier molecular flexibility index (Phi) is 15.1. The van der Waals surface area contributed by atoms with Crippen molar-refractivity contribution in [2.45, 2.75) is 19.8 Å². The summed E-state index contributed by atoms with van der Waals surface area (Å²) >= 11 is 4.00. The Hall–Kier alpha value is 0.700. The molecule has 0 aromatic rings. The van der Waals surface area contributed by atoms with Crippen LogP contribution in [0.2, 0.25) is 0 Å². The molecule has 0 heterocycles. The highest BCUT2D eigenvalue weighted by Crippen LogP contribution is 1.85. The molecule has 0 aliphatic heterocycles. The molecule has 0 aliphatic rings. The fraction of sp³-hybridized carbons (Fsp3) is 1.00. The van der Waals surface area contributed by atoms with Gasteiger partial charge < -0.3 is 0 Å². The third-order valence-electron chi connectivity index (χ3n) is 0.512. The van der Waals surface area contributed by atoms with Gasteiger partial charge in [-0.15, -0.1) is 0 Å². The molecule has 38 valence electrons. The van der Waals surface area contributed by atoms with Crippen molar-refractivity contribution in [3.05, 3.63) is 0 Å². The first kappa shape index (κ1) is 9.85. The Balaban J connectivity index is 0. The first-order chi connectivity index (χ1) is 2.41. The summed E-state index contributed by atoms with van der Waals surface area (Å²) in [6.07, 6.45) is 2.52. The Morgan fingerprint density at radius 2 is 2.00 bits per heavy atom. The van der Waals surface area contributed by atoms with E-state index in [1.165, 1.54) is 12.8 Å². The number of rotatable bonds is 2. The molecule has 0 unspecified atom stereocenters. The van der Waals surface area contributed by atoms with Gasteiger partial charge in [-0.25, -0.2) is 0 Å². The lowest BCUT2D eigenvalue weighted by Crippen LogP contribution is -1.65. The van der Waals surface area contributed by atoms with Crippen molar-refractivity contribution in [1.82, 2.24) is 0 Å². The summed E-state index contributed by atoms with van der Waals surface area (Å²) in [5.41, 5.74) is 0. The van der Waals surface area contributed by atoms with Gasteiger partial charge in [0.25, 0.3) is 0 Å². The van der Waals surface area contributed by atoms with E-state index in [1.54, 1.807) is 0 Å². The molecule has 2 heteroatoms. The molecular weight excluding hydrogens is 112 g/mol. The fourth-order valence-corrected chi connectivity index (χ4v) is 0.474. The lowest BCUT2D eigenvalue weighted by Gasteiger charge is -1.78. The van der Waals surface area contributed by atoms with Crippen LogP contribution in [0.25, 0.3) is 0 Å². The van der Waals surface area contributed by atoms with E-state index in [-0.39, 0.29) is 13.5 Å². The number of hydrogen-bond acceptors (Lipinski definition) is 1. The topological polar surface area (TPSA) is 0 Å². The highest BCUT2D eigenvalue weighted by Gasteiger charge is 1.68. The summed E-state index contributed by atoms with van der Waals surface area (Å²) in [6, 6.07) is 0. The van der Waals surface area contributed by atoms with Crippen molar-refractivity contribution >= 4 is 26.1 Å². The fourth-order valence-electron chi connectivity index (χ4n) is 0.158. The highest BCUT2D eigenvalue weighted by molar-refractivity contribution is 7.80. The van der Waals surface area contributed by atoms with Gasteiger partial charge in [-0.05, 0) is 12.2 Å². The maximum atomic E-state index is 4.00. The largest absolute Gasteiger partial charge is 0.179 e. The molecule has 0 amide bonds. The molecule has 0 fully saturated rings. The summed E-state index contributed by atoms with van der Waals surface area (Å²) in [5, 5.41) is 0. The summed E-state index contributed by atoms with van der Waals surface area (Å²) in [7, 11) is 0. The second kappa shape index (κ2) is 9.20. The summed E-state index contributed by atoms with van der Waals surface area (Å²) in [5.74, 6) is 1.04. The van der Waals surface area contributed by atoms with Crippen LogP contribution in [0.5, 0.6) is 0 Å². The average molecular weight is 122 g/mol. The van der Waals surface area contributed by atoms with Gasteiger partial charge in [0.1, 0.15) is 0 Å². The third kappa shape index (κ3) is 8.83. The zero-order chi connectivity index (χ0) is 4.12. The minimum atomic E-state index is 0. The van der Waals surface area contributed by atoms with E-state index in [4.69, 9.17) is 0 Å². The molecule has 0 aromatic heterocycles. The van der Waals surface area contributed by atoms with Crippen molar-refractivity contribution in [2.24, 2.45) is 0 Å². The summed E-state index contributed by atoms with van der Waals surface area (Å²) in [4.78, 5) is 0. The Morgan fingerprint density at radius 3 is 2.00 bits per heavy atom. The molecule has 0 atom stereocenters. The molecule has 0 N–H and O–H groups in total. The quantitative estimate of drug-likeness (QED) is 0.534. The predicted molar refractivity (Wildman–Crippen MR) is 36.4 cm³/mol. The van der Waals surface area contributed by atoms with Gasteiger partial charge >= 0.3 is 0 Å². The van der Waals surface area contributed by atoms with Crippen LogP contribution in [-0.2, 0) is 0 Å². The maximum absolute atomic E-state index is 4.00. The van der Waals surface area contributed by atoms with Crippen molar-refractivity contribution in [3.8, 4) is 0 Å². The summed E-state index contributed by atoms with van der Waals surface area (Å²) < 4.78 is 0. The second-order valence-corrected chi connectivity index (χ2v) is 1.52. The molecule has 6 heavy (non-hydrogen) atoms. The Morgan fingerprint density at radius 1 is 1.50 bits per heavy atom. The average Bonchev–Trinajstić information content (AvgIpc) is 1.41. The molecule has 0 nitrogen and oxygen atoms in total. The van der Waals surface area contributed by atoms with Gasteiger partial charge in [0.2, 0.25) is 0 Å². The van der Waals surface area contributed by atoms with E-state index in [1.807, 2.05) is 0 Å². The first-order valence-electron chi connectivity index (χ1n) is 2.02. The van der Waals surface area contributed by atoms with E-state index in [2.05, 4.69) is 19.6 Å². The zero-order valence-corrected chi connectivity index (χ0v) is 5.69. The molecule has 0 aliphatic carbocycles. The van der Waals surface area contributed by atoms with Crippen molar-refractivity contribution in [3.63, 3.8) is 0 Å². The van der Waals surface area contributed by atoms with Crippen LogP contribution in [0.15, 0.2) is 0 Å². The van der Waals surface area contributed by atoms with Crippen LogP contribution < -0.4 is 0 Å². The summed E-state index contributed by atoms with van der Waals surface area (Å²) in [6.45, 7) is 2.16. The standard InChI is InChI=1S/C4H10S.S/c1-2-3-4-5;/h5H,2-4H2,1H3;. The number of thiol groups is 1. The van der Waals surface area contributed by atoms with Crippen LogP contribution in [-0.4, -0.2) is 5.75 Å². The van der Waals surface area contributed by atoms with Crippen LogP contribution in [0, 0.1) is 0 Å². The van der Waals surface area contributed by atoms with Crippen LogP contribution in [0.1, 0.15) is 19.8 Å². The van der Waals surface area contributed by atoms with E-state index >= 15 is 0 Å². The van der Waals surface area contributed by atoms with E-state index in [0.717, 1.165) is 5.75 Å². The molecular formula is C4H10S2. The third-order valence-corrected chi connectivity index (χ3v) is 0.828. The molecule has 0 bridgehead atoms. The van der Waals surface area contributed by atoms with Crippen LogP contribution in [0.3, 0.4) is 0 Å². The predicted octanol–water partition coefficient (Wildman–Crippen LogP) is 2.36. The Labute approximate surface area is 52.2 Å². The molecule has 2 radical (unpaired) electrons. The first-order valence-corrected chi connectivity index (χ1v) is 2.66. The van der Waals surface area contributed by atoms with Gasteiger partial charge in [0.05, 0.1) is 0 Å². The van der Waals surface area contributed by atoms with Gasteiger partial charge in [-0.3, -0.25) is 0 Å². The molecule has 0 saturated carbocycles. The van der Waals surface area contributed by atoms with E-state index < -0.39 is 0 Å². The van der Waals surface area contributed by atoms with Crippen LogP contribution >= 0.6 is 26.1 Å². The zero-order valence-electron chi connectivity index (χ0n) is 3.98. The van der Waals surface area contributed by atoms with Gasteiger partial charge in [0.15, 0.2) is 0 Å². The molecule has 0 rings (SSSR count). The van der Waals surface area contributed by atoms with Crippen molar-refractivity contribution in [2.75, 3.05) is 5.75 Å². The molecule has 0 saturated heterocycles. The van der Waals surface area contributed by atoms with Gasteiger partial charge in [-0.2, -0.15) is 12.6 Å². The molecule has 0 spiro atoms. The lowest BCUT2D eigenvalue weighted by atomic mass is 10.4. The smallest absolute Gasteiger partial charge is 0 e. The highest BCUT2D eigenvalue weighted by atomic mass is 32.1. The second-order valence-electron chi connectivity index (χ2n) is 1.08. The normalized spacial score (nSPS) is 7.00. The SMILES string of the molecule is CCCCS.[S]. The monoisotopic (exact) mass is 122 g/mol. The van der Waals surface area contributed by atoms with Gasteiger partial charge in [-0.1, -0.05) is 13.3 Å². The maximum Gasteiger partial charge on any atom is 0 e. The minimum absolute atomic E-state index is 0. The van der Waals surface area contributed by atoms with E-state index in [0.29, 0.717) is 0 Å². The minimum Gasteiger partial charge on any atom is -0.179 e. The number of hydrogen-bond donors (Lipinski definition) is 1. The lowest BCUT2D eigenvalue weighted by molar-refractivity contribution is 0.899. The number of unbranched alkanes of at least 4 members (excludes halogenated alkanes) is 1. The van der Waals surface area contributed by atoms with Crippen molar-refractivity contribution in [1.29, 1.82) is 0 Å². The van der Waals surface area contributed by atoms with Gasteiger partial charge in [0, 0.05) is 13.5 Å². The van der Waals surface area contributed by atoms with Crippen molar-refractivity contribution < 1.29 is 0 Å². The molecule has 0 aromatic carbocycles. The van der Waals surface area contributed by atoms with E-state index in [9.17, 15) is 0 Å². The Bertz CT molecular complexity index is 13.0.